The van der Waals surface area contributed by atoms with Gasteiger partial charge in [0.05, 0.1) is 17.7 Å². The molecule has 1 amide bonds. The lowest BCUT2D eigenvalue weighted by atomic mass is 10.0. The average Bonchev–Trinajstić information content (AvgIpc) is 3.77. The second-order valence-electron chi connectivity index (χ2n) is 10.6. The van der Waals surface area contributed by atoms with Crippen LogP contribution in [0.15, 0.2) is 43.1 Å². The van der Waals surface area contributed by atoms with Crippen molar-refractivity contribution in [3.63, 3.8) is 0 Å². The summed E-state index contributed by atoms with van der Waals surface area (Å²) < 4.78 is 32.2. The van der Waals surface area contributed by atoms with Crippen molar-refractivity contribution in [2.24, 2.45) is 0 Å². The number of piperidine rings is 1. The number of fused-ring (bicyclic) bond motifs is 1. The number of aromatic nitrogens is 5. The maximum absolute atomic E-state index is 15.3. The summed E-state index contributed by atoms with van der Waals surface area (Å²) in [6.07, 6.45) is 10.8. The summed E-state index contributed by atoms with van der Waals surface area (Å²) in [5.74, 6) is -0.0572. The number of nitrogens with zero attached hydrogens (tertiary/aromatic N) is 7. The molecule has 208 valence electrons. The molecule has 11 heteroatoms. The molecule has 0 unspecified atom stereocenters. The van der Waals surface area contributed by atoms with Crippen LogP contribution in [0.1, 0.15) is 64.8 Å². The van der Waals surface area contributed by atoms with Crippen molar-refractivity contribution in [3.05, 3.63) is 77.1 Å². The van der Waals surface area contributed by atoms with Crippen molar-refractivity contribution in [2.45, 2.75) is 44.1 Å². The number of hydrogen-bond acceptors (Lipinski definition) is 7. The van der Waals surface area contributed by atoms with E-state index in [2.05, 4.69) is 24.8 Å². The minimum Gasteiger partial charge on any atom is -0.395 e. The molecule has 2 aliphatic rings. The Balaban J connectivity index is 1.18. The summed E-state index contributed by atoms with van der Waals surface area (Å²) in [6.45, 7) is 1.46. The number of aliphatic hydroxyl groups is 1. The number of aliphatic hydroxyl groups excluding tert-OH is 1. The van der Waals surface area contributed by atoms with Crippen molar-refractivity contribution in [1.82, 2.24) is 29.4 Å². The molecule has 1 saturated heterocycles. The lowest BCUT2D eigenvalue weighted by Crippen LogP contribution is -2.35. The topological polar surface area (TPSA) is 100 Å². The highest BCUT2D eigenvalue weighted by Crippen LogP contribution is 2.39. The van der Waals surface area contributed by atoms with Crippen LogP contribution in [-0.2, 0) is 6.42 Å². The van der Waals surface area contributed by atoms with E-state index in [0.29, 0.717) is 22.8 Å². The molecule has 6 rings (SSSR count). The van der Waals surface area contributed by atoms with Gasteiger partial charge in [-0.2, -0.15) is 0 Å². The van der Waals surface area contributed by atoms with E-state index >= 15 is 8.78 Å². The number of carbonyl (C=O) groups is 1. The Kier molecular flexibility index (Phi) is 7.14. The number of halogens is 2. The summed E-state index contributed by atoms with van der Waals surface area (Å²) in [5, 5.41) is 9.34. The Labute approximate surface area is 230 Å². The molecule has 0 radical (unpaired) electrons. The molecule has 9 nitrogen and oxygen atoms in total. The third kappa shape index (κ3) is 5.13. The molecular weight excluding hydrogens is 516 g/mol. The first kappa shape index (κ1) is 26.2. The highest BCUT2D eigenvalue weighted by molar-refractivity contribution is 5.94. The van der Waals surface area contributed by atoms with E-state index < -0.39 is 11.6 Å². The zero-order valence-corrected chi connectivity index (χ0v) is 22.3. The number of amides is 1. The van der Waals surface area contributed by atoms with Gasteiger partial charge >= 0.3 is 0 Å². The van der Waals surface area contributed by atoms with Crippen molar-refractivity contribution in [3.8, 4) is 0 Å². The fourth-order valence-corrected chi connectivity index (χ4v) is 5.45. The van der Waals surface area contributed by atoms with Crippen LogP contribution in [0.25, 0.3) is 11.0 Å². The molecule has 1 aliphatic heterocycles. The third-order valence-electron chi connectivity index (χ3n) is 7.93. The highest BCUT2D eigenvalue weighted by Gasteiger charge is 2.27. The summed E-state index contributed by atoms with van der Waals surface area (Å²) in [7, 11) is 1.54. The molecule has 0 bridgehead atoms. The van der Waals surface area contributed by atoms with E-state index in [4.69, 9.17) is 5.11 Å². The van der Waals surface area contributed by atoms with Gasteiger partial charge in [0, 0.05) is 63.3 Å². The van der Waals surface area contributed by atoms with Gasteiger partial charge in [0.1, 0.15) is 17.8 Å². The molecule has 3 aromatic heterocycles. The van der Waals surface area contributed by atoms with Gasteiger partial charge < -0.3 is 19.5 Å². The molecule has 1 aromatic carbocycles. The predicted molar refractivity (Wildman–Crippen MR) is 145 cm³/mol. The van der Waals surface area contributed by atoms with Crippen molar-refractivity contribution < 1.29 is 18.7 Å². The van der Waals surface area contributed by atoms with E-state index in [1.807, 2.05) is 17.0 Å². The molecule has 2 fully saturated rings. The van der Waals surface area contributed by atoms with E-state index in [1.54, 1.807) is 7.05 Å². The first-order chi connectivity index (χ1) is 19.4. The minimum atomic E-state index is -0.574. The summed E-state index contributed by atoms with van der Waals surface area (Å²) >= 11 is 0. The molecular formula is C29H31F2N7O2. The Morgan fingerprint density at radius 2 is 1.80 bits per heavy atom. The van der Waals surface area contributed by atoms with Crippen LogP contribution in [0.4, 0.5) is 14.7 Å². The van der Waals surface area contributed by atoms with Crippen molar-refractivity contribution in [1.29, 1.82) is 0 Å². The van der Waals surface area contributed by atoms with E-state index in [1.165, 1.54) is 54.0 Å². The maximum atomic E-state index is 15.3. The number of hydrogen-bond donors (Lipinski definition) is 1. The summed E-state index contributed by atoms with van der Waals surface area (Å²) in [6, 6.07) is 4.27. The van der Waals surface area contributed by atoms with Gasteiger partial charge in [0.2, 0.25) is 5.95 Å². The van der Waals surface area contributed by atoms with Crippen LogP contribution in [0, 0.1) is 11.6 Å². The average molecular weight is 548 g/mol. The Hall–Kier alpha value is -3.99. The van der Waals surface area contributed by atoms with E-state index in [-0.39, 0.29) is 42.5 Å². The Morgan fingerprint density at radius 1 is 1.05 bits per heavy atom. The van der Waals surface area contributed by atoms with Crippen LogP contribution in [0.5, 0.6) is 0 Å². The highest BCUT2D eigenvalue weighted by atomic mass is 19.1. The SMILES string of the molecule is CN(CCO)C(=O)c1ccc(Cc2ncnc3c2c(F)cn3C2CCN(c3ncc(C4CC4)cn3)CC2)c(F)c1. The summed E-state index contributed by atoms with van der Waals surface area (Å²) in [4.78, 5) is 33.7. The van der Waals surface area contributed by atoms with Gasteiger partial charge in [-0.15, -0.1) is 0 Å². The number of likely N-dealkylation sites (N-methyl/N-ethyl adjacent to an activating group) is 1. The molecule has 40 heavy (non-hydrogen) atoms. The molecule has 4 heterocycles. The first-order valence-electron chi connectivity index (χ1n) is 13.6. The fraction of sp³-hybridized carbons (Fsp3) is 0.414. The first-order valence-corrected chi connectivity index (χ1v) is 13.6. The van der Waals surface area contributed by atoms with Crippen LogP contribution in [-0.4, -0.2) is 73.7 Å². The smallest absolute Gasteiger partial charge is 0.253 e. The van der Waals surface area contributed by atoms with E-state index in [9.17, 15) is 4.79 Å². The lowest BCUT2D eigenvalue weighted by molar-refractivity contribution is 0.0766. The number of anilines is 1. The Morgan fingerprint density at radius 3 is 2.48 bits per heavy atom. The van der Waals surface area contributed by atoms with Crippen LogP contribution in [0.2, 0.25) is 0 Å². The van der Waals surface area contributed by atoms with Gasteiger partial charge in [-0.25, -0.2) is 28.7 Å². The van der Waals surface area contributed by atoms with Crippen LogP contribution in [0.3, 0.4) is 0 Å². The van der Waals surface area contributed by atoms with Gasteiger partial charge in [-0.05, 0) is 54.9 Å². The number of benzene rings is 1. The number of rotatable bonds is 8. The van der Waals surface area contributed by atoms with Crippen LogP contribution >= 0.6 is 0 Å². The van der Waals surface area contributed by atoms with Gasteiger partial charge in [0.25, 0.3) is 5.91 Å². The number of carbonyl (C=O) groups excluding carboxylic acids is 1. The largest absolute Gasteiger partial charge is 0.395 e. The second kappa shape index (κ2) is 10.9. The molecule has 4 aromatic rings. The lowest BCUT2D eigenvalue weighted by Gasteiger charge is -2.32. The molecule has 1 aliphatic carbocycles. The third-order valence-corrected chi connectivity index (χ3v) is 7.93. The predicted octanol–water partition coefficient (Wildman–Crippen LogP) is 3.87. The molecule has 1 N–H and O–H groups in total. The van der Waals surface area contributed by atoms with Gasteiger partial charge in [-0.3, -0.25) is 4.79 Å². The quantitative estimate of drug-likeness (QED) is 0.357. The van der Waals surface area contributed by atoms with E-state index in [0.717, 1.165) is 31.9 Å². The zero-order chi connectivity index (χ0) is 27.8. The van der Waals surface area contributed by atoms with Gasteiger partial charge in [-0.1, -0.05) is 6.07 Å². The maximum Gasteiger partial charge on any atom is 0.253 e. The van der Waals surface area contributed by atoms with Gasteiger partial charge in [0.15, 0.2) is 5.82 Å². The minimum absolute atomic E-state index is 0.0506. The Bertz CT molecular complexity index is 1530. The molecule has 1 saturated carbocycles. The standard InChI is InChI=1S/C29H31F2N7O2/c1-36(10-11-39)28(40)20-5-4-19(23(30)12-20)13-25-26-24(31)16-38(27(26)35-17-34-25)22-6-8-37(9-7-22)29-32-14-21(15-33-29)18-2-3-18/h4-5,12,14-18,22,39H,2-3,6-11,13H2,1H3. The van der Waals surface area contributed by atoms with Crippen molar-refractivity contribution >= 4 is 22.9 Å². The zero-order valence-electron chi connectivity index (χ0n) is 22.3. The van der Waals surface area contributed by atoms with Crippen LogP contribution < -0.4 is 4.90 Å². The van der Waals surface area contributed by atoms with Crippen molar-refractivity contribution in [2.75, 3.05) is 38.2 Å². The second-order valence-corrected chi connectivity index (χ2v) is 10.6. The normalized spacial score (nSPS) is 16.1. The summed E-state index contributed by atoms with van der Waals surface area (Å²) in [5.41, 5.74) is 2.56. The molecule has 0 atom stereocenters. The monoisotopic (exact) mass is 547 g/mol. The molecule has 0 spiro atoms. The fourth-order valence-electron chi connectivity index (χ4n) is 5.45.